The average molecular weight is 669 g/mol. The van der Waals surface area contributed by atoms with E-state index in [-0.39, 0.29) is 36.1 Å². The number of alkyl halides is 1. The Labute approximate surface area is 276 Å². The molecule has 3 aromatic rings. The molecule has 4 atom stereocenters. The molecule has 0 bridgehead atoms. The number of likely N-dealkylation sites (N-methyl/N-ethyl adjacent to an activating group) is 1. The van der Waals surface area contributed by atoms with Crippen molar-refractivity contribution in [2.75, 3.05) is 72.3 Å². The Kier molecular flexibility index (Phi) is 10.6. The summed E-state index contributed by atoms with van der Waals surface area (Å²) in [6.45, 7) is 12.2. The van der Waals surface area contributed by atoms with Crippen LogP contribution in [0.15, 0.2) is 43.2 Å². The Bertz CT molecular complexity index is 1720. The summed E-state index contributed by atoms with van der Waals surface area (Å²) in [5.41, 5.74) is 2.46. The molecule has 2 aliphatic heterocycles. The summed E-state index contributed by atoms with van der Waals surface area (Å²) in [4.78, 5) is 30.3. The third kappa shape index (κ3) is 7.99. The van der Waals surface area contributed by atoms with Gasteiger partial charge in [0, 0.05) is 67.0 Å². The fraction of sp³-hybridized carbons (Fsp3) is 0.515. The third-order valence-electron chi connectivity index (χ3n) is 8.84. The molecule has 14 heteroatoms. The number of amides is 1. The molecule has 2 aromatic heterocycles. The number of hydrogen-bond acceptors (Lipinski definition) is 11. The zero-order chi connectivity index (χ0) is 33.9. The van der Waals surface area contributed by atoms with Crippen LogP contribution < -0.4 is 25.8 Å². The lowest BCUT2D eigenvalue weighted by Gasteiger charge is -2.48. The van der Waals surface area contributed by atoms with Crippen LogP contribution in [0.3, 0.4) is 0 Å². The van der Waals surface area contributed by atoms with Crippen LogP contribution >= 0.6 is 0 Å². The third-order valence-corrected chi connectivity index (χ3v) is 9.87. The molecule has 0 unspecified atom stereocenters. The number of sulfone groups is 1. The summed E-state index contributed by atoms with van der Waals surface area (Å²) >= 11 is 0. The van der Waals surface area contributed by atoms with Gasteiger partial charge in [-0.1, -0.05) is 20.4 Å². The molecule has 1 aromatic carbocycles. The van der Waals surface area contributed by atoms with Gasteiger partial charge in [0.15, 0.2) is 0 Å². The first kappa shape index (κ1) is 34.5. The summed E-state index contributed by atoms with van der Waals surface area (Å²) in [7, 11) is -1.29. The smallest absolute Gasteiger partial charge is 0.247 e. The quantitative estimate of drug-likeness (QED) is 0.180. The highest BCUT2D eigenvalue weighted by Crippen LogP contribution is 2.43. The second kappa shape index (κ2) is 14.5. The van der Waals surface area contributed by atoms with E-state index < -0.39 is 22.1 Å². The highest BCUT2D eigenvalue weighted by molar-refractivity contribution is 7.90. The van der Waals surface area contributed by atoms with Crippen molar-refractivity contribution >= 4 is 55.5 Å². The van der Waals surface area contributed by atoms with Gasteiger partial charge in [-0.05, 0) is 61.5 Å². The first-order valence-corrected chi connectivity index (χ1v) is 18.0. The normalized spacial score (nSPS) is 21.5. The van der Waals surface area contributed by atoms with Crippen molar-refractivity contribution in [1.82, 2.24) is 20.3 Å². The number of halogens is 1. The largest absolute Gasteiger partial charge is 0.374 e. The van der Waals surface area contributed by atoms with E-state index >= 15 is 0 Å². The number of carbonyl (C=O) groups excluding carboxylic acids is 1. The van der Waals surface area contributed by atoms with Crippen LogP contribution in [-0.2, 0) is 19.4 Å². The second-order valence-corrected chi connectivity index (χ2v) is 14.9. The van der Waals surface area contributed by atoms with Crippen LogP contribution in [0, 0.1) is 5.92 Å². The Morgan fingerprint density at radius 1 is 1.21 bits per heavy atom. The number of rotatable bonds is 13. The molecule has 47 heavy (non-hydrogen) atoms. The SMILES string of the molecule is C=CC(=O)Nc1cc(N2C[C@H](CS(C)(=O)=O)[C@H]2C)c2cnc(Nc3ccnc(N4CC[C@@H](OCCNC)[C@@H](F)C4)n3)cc2c1C(C)C. The molecule has 2 aliphatic rings. The van der Waals surface area contributed by atoms with Gasteiger partial charge in [-0.15, -0.1) is 0 Å². The minimum atomic E-state index is -3.12. The van der Waals surface area contributed by atoms with Crippen molar-refractivity contribution in [1.29, 1.82) is 0 Å². The number of fused-ring (bicyclic) bond motifs is 1. The molecule has 3 N–H and O–H groups in total. The van der Waals surface area contributed by atoms with E-state index in [9.17, 15) is 17.6 Å². The number of anilines is 5. The van der Waals surface area contributed by atoms with Gasteiger partial charge in [-0.25, -0.2) is 22.8 Å². The van der Waals surface area contributed by atoms with Gasteiger partial charge in [-0.2, -0.15) is 4.98 Å². The number of nitrogens with one attached hydrogen (secondary N) is 3. The minimum absolute atomic E-state index is 0.00116. The van der Waals surface area contributed by atoms with Gasteiger partial charge in [0.05, 0.1) is 25.0 Å². The molecule has 2 fully saturated rings. The van der Waals surface area contributed by atoms with Gasteiger partial charge in [0.1, 0.15) is 27.6 Å². The van der Waals surface area contributed by atoms with Gasteiger partial charge >= 0.3 is 0 Å². The fourth-order valence-electron chi connectivity index (χ4n) is 6.39. The maximum absolute atomic E-state index is 15.0. The highest BCUT2D eigenvalue weighted by Gasteiger charge is 2.39. The molecule has 12 nitrogen and oxygen atoms in total. The van der Waals surface area contributed by atoms with Crippen LogP contribution in [0.4, 0.5) is 33.3 Å². The molecule has 0 saturated carbocycles. The molecule has 5 rings (SSSR count). The number of nitrogens with zero attached hydrogens (tertiary/aromatic N) is 5. The standard InChI is InChI=1S/C33H45FN8O4S/c1-7-31(43)38-26-15-27(42-17-22(21(42)4)19-47(6,44)45)24-16-37-30(14-23(24)32(26)20(2)3)39-29-8-10-36-33(40-29)41-12-9-28(25(34)18-41)46-13-11-35-5/h7-8,10,14-16,20-22,25,28,35H,1,9,11-13,17-19H2,2-6H3,(H,38,43)(H,36,37,39,40)/t21-,22-,25+,28-/m1/s1. The van der Waals surface area contributed by atoms with E-state index in [0.717, 1.165) is 22.0 Å². The molecule has 254 valence electrons. The number of ether oxygens (including phenoxy) is 1. The van der Waals surface area contributed by atoms with Gasteiger partial charge in [0.25, 0.3) is 0 Å². The Hall–Kier alpha value is -3.88. The molecule has 4 heterocycles. The lowest BCUT2D eigenvalue weighted by Crippen LogP contribution is -2.57. The van der Waals surface area contributed by atoms with E-state index in [0.29, 0.717) is 55.9 Å². The molecular formula is C33H45FN8O4S. The predicted octanol–water partition coefficient (Wildman–Crippen LogP) is 4.04. The number of aromatic nitrogens is 3. The summed E-state index contributed by atoms with van der Waals surface area (Å²) in [6, 6.07) is 5.59. The van der Waals surface area contributed by atoms with Gasteiger partial charge < -0.3 is 30.5 Å². The van der Waals surface area contributed by atoms with Gasteiger partial charge in [0.2, 0.25) is 11.9 Å². The van der Waals surface area contributed by atoms with Crippen molar-refractivity contribution in [2.24, 2.45) is 5.92 Å². The van der Waals surface area contributed by atoms with Crippen LogP contribution in [0.5, 0.6) is 0 Å². The molecule has 1 amide bonds. The Balaban J connectivity index is 1.44. The minimum Gasteiger partial charge on any atom is -0.374 e. The molecule has 0 spiro atoms. The van der Waals surface area contributed by atoms with Crippen LogP contribution in [-0.4, -0.2) is 99.4 Å². The number of hydrogen-bond donors (Lipinski definition) is 3. The topological polar surface area (TPSA) is 142 Å². The number of carbonyl (C=O) groups is 1. The highest BCUT2D eigenvalue weighted by atomic mass is 32.2. The predicted molar refractivity (Wildman–Crippen MR) is 185 cm³/mol. The monoisotopic (exact) mass is 668 g/mol. The van der Waals surface area contributed by atoms with Crippen LogP contribution in [0.25, 0.3) is 10.8 Å². The van der Waals surface area contributed by atoms with Crippen molar-refractivity contribution in [3.63, 3.8) is 0 Å². The van der Waals surface area contributed by atoms with Crippen LogP contribution in [0.2, 0.25) is 0 Å². The molecule has 0 aliphatic carbocycles. The van der Waals surface area contributed by atoms with Crippen molar-refractivity contribution in [2.45, 2.75) is 51.4 Å². The van der Waals surface area contributed by atoms with E-state index in [1.165, 1.54) is 12.3 Å². The van der Waals surface area contributed by atoms with E-state index in [1.54, 1.807) is 18.5 Å². The first-order chi connectivity index (χ1) is 22.4. The Morgan fingerprint density at radius 2 is 2.00 bits per heavy atom. The first-order valence-electron chi connectivity index (χ1n) is 16.0. The van der Waals surface area contributed by atoms with Crippen molar-refractivity contribution in [3.05, 3.63) is 48.8 Å². The number of benzene rings is 1. The summed E-state index contributed by atoms with van der Waals surface area (Å²) in [5, 5.41) is 11.1. The summed E-state index contributed by atoms with van der Waals surface area (Å²) < 4.78 is 44.7. The zero-order valence-corrected chi connectivity index (χ0v) is 28.5. The maximum Gasteiger partial charge on any atom is 0.247 e. The summed E-state index contributed by atoms with van der Waals surface area (Å²) in [6.07, 6.45) is 4.86. The van der Waals surface area contributed by atoms with E-state index in [2.05, 4.69) is 51.2 Å². The van der Waals surface area contributed by atoms with Crippen molar-refractivity contribution in [3.8, 4) is 0 Å². The van der Waals surface area contributed by atoms with E-state index in [1.807, 2.05) is 31.0 Å². The van der Waals surface area contributed by atoms with Gasteiger partial charge in [-0.3, -0.25) is 4.79 Å². The lowest BCUT2D eigenvalue weighted by atomic mass is 9.88. The van der Waals surface area contributed by atoms with Crippen molar-refractivity contribution < 1.29 is 22.3 Å². The number of piperidine rings is 1. The molecular weight excluding hydrogens is 623 g/mol. The zero-order valence-electron chi connectivity index (χ0n) is 27.7. The fourth-order valence-corrected chi connectivity index (χ4v) is 7.55. The van der Waals surface area contributed by atoms with E-state index in [4.69, 9.17) is 9.72 Å². The van der Waals surface area contributed by atoms with Crippen LogP contribution in [0.1, 0.15) is 38.7 Å². The molecule has 0 radical (unpaired) electrons. The number of pyridine rings is 1. The molecule has 2 saturated heterocycles. The average Bonchev–Trinajstić information content (AvgIpc) is 3.02. The second-order valence-electron chi connectivity index (χ2n) is 12.7. The maximum atomic E-state index is 15.0. The summed E-state index contributed by atoms with van der Waals surface area (Å²) in [5.74, 6) is 1.30. The lowest BCUT2D eigenvalue weighted by molar-refractivity contribution is -0.111. The Morgan fingerprint density at radius 3 is 2.66 bits per heavy atom.